The largest absolute Gasteiger partial charge is 0.344 e. The van der Waals surface area contributed by atoms with E-state index in [2.05, 4.69) is 5.32 Å². The molecule has 1 aromatic carbocycles. The molecule has 1 N–H and O–H groups in total. The number of hydrogen-bond donors (Lipinski definition) is 1. The Balaban J connectivity index is 2.08. The first-order valence-corrected chi connectivity index (χ1v) is 5.73. The van der Waals surface area contributed by atoms with Gasteiger partial charge in [-0.05, 0) is 5.56 Å². The first kappa shape index (κ1) is 12.3. The van der Waals surface area contributed by atoms with Crippen molar-refractivity contribution in [3.05, 3.63) is 35.9 Å². The predicted octanol–water partition coefficient (Wildman–Crippen LogP) is 0.450. The van der Waals surface area contributed by atoms with Crippen LogP contribution in [0, 0.1) is 0 Å². The standard InChI is InChI=1S/C13H14N2O3/c1-9(16)14-11-7-12(17)15(13(11)18)8-10-5-3-2-4-6-10/h2-6,11H,7-8H2,1H3,(H,14,16)/t11-/m1/s1. The van der Waals surface area contributed by atoms with E-state index >= 15 is 0 Å². The quantitative estimate of drug-likeness (QED) is 0.787. The summed E-state index contributed by atoms with van der Waals surface area (Å²) < 4.78 is 0. The fourth-order valence-corrected chi connectivity index (χ4v) is 1.97. The van der Waals surface area contributed by atoms with E-state index in [1.165, 1.54) is 11.8 Å². The van der Waals surface area contributed by atoms with Gasteiger partial charge in [-0.1, -0.05) is 30.3 Å². The molecule has 3 amide bonds. The van der Waals surface area contributed by atoms with Crippen molar-refractivity contribution in [1.82, 2.24) is 10.2 Å². The third kappa shape index (κ3) is 2.56. The predicted molar refractivity (Wildman–Crippen MR) is 64.2 cm³/mol. The highest BCUT2D eigenvalue weighted by Gasteiger charge is 2.38. The highest BCUT2D eigenvalue weighted by atomic mass is 16.2. The van der Waals surface area contributed by atoms with Gasteiger partial charge in [0.1, 0.15) is 6.04 Å². The number of hydrogen-bond acceptors (Lipinski definition) is 3. The number of imide groups is 1. The Morgan fingerprint density at radius 2 is 2.00 bits per heavy atom. The van der Waals surface area contributed by atoms with Crippen molar-refractivity contribution in [1.29, 1.82) is 0 Å². The summed E-state index contributed by atoms with van der Waals surface area (Å²) in [6.45, 7) is 1.59. The van der Waals surface area contributed by atoms with Gasteiger partial charge in [0.05, 0.1) is 13.0 Å². The van der Waals surface area contributed by atoms with E-state index in [9.17, 15) is 14.4 Å². The number of carbonyl (C=O) groups is 3. The maximum atomic E-state index is 11.9. The Morgan fingerprint density at radius 3 is 2.61 bits per heavy atom. The van der Waals surface area contributed by atoms with E-state index in [1.807, 2.05) is 30.3 Å². The number of amides is 3. The van der Waals surface area contributed by atoms with Gasteiger partial charge in [-0.15, -0.1) is 0 Å². The van der Waals surface area contributed by atoms with Gasteiger partial charge < -0.3 is 5.32 Å². The normalized spacial score (nSPS) is 19.2. The Morgan fingerprint density at radius 1 is 1.33 bits per heavy atom. The van der Waals surface area contributed by atoms with E-state index < -0.39 is 6.04 Å². The molecule has 0 aromatic heterocycles. The van der Waals surface area contributed by atoms with Crippen molar-refractivity contribution in [2.24, 2.45) is 0 Å². The molecular formula is C13H14N2O3. The lowest BCUT2D eigenvalue weighted by molar-refractivity contribution is -0.140. The van der Waals surface area contributed by atoms with E-state index in [1.54, 1.807) is 0 Å². The minimum Gasteiger partial charge on any atom is -0.344 e. The summed E-state index contributed by atoms with van der Waals surface area (Å²) in [4.78, 5) is 35.8. The summed E-state index contributed by atoms with van der Waals surface area (Å²) in [5.74, 6) is -0.885. The first-order chi connectivity index (χ1) is 8.58. The maximum Gasteiger partial charge on any atom is 0.252 e. The van der Waals surface area contributed by atoms with Crippen molar-refractivity contribution in [3.8, 4) is 0 Å². The number of rotatable bonds is 3. The van der Waals surface area contributed by atoms with E-state index in [0.29, 0.717) is 0 Å². The molecule has 0 saturated carbocycles. The maximum absolute atomic E-state index is 11.9. The van der Waals surface area contributed by atoms with Crippen LogP contribution in [0.3, 0.4) is 0 Å². The molecule has 0 aliphatic carbocycles. The molecule has 1 atom stereocenters. The number of likely N-dealkylation sites (tertiary alicyclic amines) is 1. The fraction of sp³-hybridized carbons (Fsp3) is 0.308. The second kappa shape index (κ2) is 5.00. The SMILES string of the molecule is CC(=O)N[C@@H]1CC(=O)N(Cc2ccccc2)C1=O. The average Bonchev–Trinajstić information content (AvgIpc) is 2.58. The molecule has 0 radical (unpaired) electrons. The zero-order valence-electron chi connectivity index (χ0n) is 10.1. The first-order valence-electron chi connectivity index (χ1n) is 5.73. The molecule has 94 valence electrons. The zero-order valence-corrected chi connectivity index (χ0v) is 10.1. The van der Waals surface area contributed by atoms with Gasteiger partial charge >= 0.3 is 0 Å². The Hall–Kier alpha value is -2.17. The second-order valence-corrected chi connectivity index (χ2v) is 4.26. The smallest absolute Gasteiger partial charge is 0.252 e. The van der Waals surface area contributed by atoms with Crippen molar-refractivity contribution in [2.75, 3.05) is 0 Å². The van der Waals surface area contributed by atoms with Gasteiger partial charge in [-0.2, -0.15) is 0 Å². The van der Waals surface area contributed by atoms with Crippen molar-refractivity contribution < 1.29 is 14.4 Å². The summed E-state index contributed by atoms with van der Waals surface area (Å²) in [5, 5.41) is 2.49. The van der Waals surface area contributed by atoms with E-state index in [-0.39, 0.29) is 30.7 Å². The van der Waals surface area contributed by atoms with E-state index in [4.69, 9.17) is 0 Å². The molecule has 1 aliphatic rings. The monoisotopic (exact) mass is 246 g/mol. The molecule has 5 nitrogen and oxygen atoms in total. The van der Waals surface area contributed by atoms with Crippen molar-refractivity contribution in [2.45, 2.75) is 25.9 Å². The number of nitrogens with one attached hydrogen (secondary N) is 1. The van der Waals surface area contributed by atoms with E-state index in [0.717, 1.165) is 5.56 Å². The zero-order chi connectivity index (χ0) is 13.1. The lowest BCUT2D eigenvalue weighted by Crippen LogP contribution is -2.40. The molecular weight excluding hydrogens is 232 g/mol. The molecule has 5 heteroatoms. The Kier molecular flexibility index (Phi) is 3.41. The third-order valence-electron chi connectivity index (χ3n) is 2.80. The van der Waals surface area contributed by atoms with Crippen LogP contribution in [0.4, 0.5) is 0 Å². The molecule has 0 unspecified atom stereocenters. The fourth-order valence-electron chi connectivity index (χ4n) is 1.97. The highest BCUT2D eigenvalue weighted by Crippen LogP contribution is 2.16. The molecule has 0 bridgehead atoms. The molecule has 2 rings (SSSR count). The Bertz CT molecular complexity index is 484. The average molecular weight is 246 g/mol. The lowest BCUT2D eigenvalue weighted by atomic mass is 10.2. The van der Waals surface area contributed by atoms with Gasteiger partial charge in [0.15, 0.2) is 0 Å². The van der Waals surface area contributed by atoms with Crippen LogP contribution >= 0.6 is 0 Å². The molecule has 18 heavy (non-hydrogen) atoms. The topological polar surface area (TPSA) is 66.5 Å². The van der Waals surface area contributed by atoms with Gasteiger partial charge in [-0.25, -0.2) is 0 Å². The van der Waals surface area contributed by atoms with Crippen LogP contribution in [0.2, 0.25) is 0 Å². The van der Waals surface area contributed by atoms with Crippen molar-refractivity contribution >= 4 is 17.7 Å². The van der Waals surface area contributed by atoms with Crippen LogP contribution in [0.25, 0.3) is 0 Å². The summed E-state index contributed by atoms with van der Waals surface area (Å²) >= 11 is 0. The van der Waals surface area contributed by atoms with Crippen LogP contribution in [0.15, 0.2) is 30.3 Å². The van der Waals surface area contributed by atoms with Crippen LogP contribution in [-0.4, -0.2) is 28.7 Å². The summed E-state index contributed by atoms with van der Waals surface area (Å²) in [7, 11) is 0. The third-order valence-corrected chi connectivity index (χ3v) is 2.80. The summed E-state index contributed by atoms with van der Waals surface area (Å²) in [6.07, 6.45) is 0.0469. The van der Waals surface area contributed by atoms with Gasteiger partial charge in [0, 0.05) is 6.92 Å². The van der Waals surface area contributed by atoms with Crippen LogP contribution < -0.4 is 5.32 Å². The molecule has 1 aliphatic heterocycles. The lowest BCUT2D eigenvalue weighted by Gasteiger charge is -2.15. The molecule has 1 saturated heterocycles. The van der Waals surface area contributed by atoms with Gasteiger partial charge in [0.25, 0.3) is 5.91 Å². The van der Waals surface area contributed by atoms with Crippen LogP contribution in [0.5, 0.6) is 0 Å². The summed E-state index contributed by atoms with van der Waals surface area (Å²) in [5.41, 5.74) is 0.891. The van der Waals surface area contributed by atoms with Crippen LogP contribution in [0.1, 0.15) is 18.9 Å². The highest BCUT2D eigenvalue weighted by molar-refractivity contribution is 6.06. The number of nitrogens with zero attached hydrogens (tertiary/aromatic N) is 1. The van der Waals surface area contributed by atoms with Gasteiger partial charge in [-0.3, -0.25) is 19.3 Å². The minimum atomic E-state index is -0.710. The number of carbonyl (C=O) groups excluding carboxylic acids is 3. The minimum absolute atomic E-state index is 0.0469. The van der Waals surface area contributed by atoms with Gasteiger partial charge in [0.2, 0.25) is 11.8 Å². The van der Waals surface area contributed by atoms with Crippen molar-refractivity contribution in [3.63, 3.8) is 0 Å². The van der Waals surface area contributed by atoms with Crippen LogP contribution in [-0.2, 0) is 20.9 Å². The summed E-state index contributed by atoms with van der Waals surface area (Å²) in [6, 6.07) is 8.58. The Labute approximate surface area is 105 Å². The molecule has 1 aromatic rings. The second-order valence-electron chi connectivity index (χ2n) is 4.26. The number of benzene rings is 1. The molecule has 0 spiro atoms. The molecule has 1 fully saturated rings. The molecule has 1 heterocycles.